The summed E-state index contributed by atoms with van der Waals surface area (Å²) >= 11 is 0. The number of amides is 1. The van der Waals surface area contributed by atoms with Gasteiger partial charge >= 0.3 is 0 Å². The summed E-state index contributed by atoms with van der Waals surface area (Å²) < 4.78 is 59.4. The van der Waals surface area contributed by atoms with Crippen molar-refractivity contribution in [3.05, 3.63) is 83.4 Å². The minimum Gasteiger partial charge on any atom is -0.484 e. The van der Waals surface area contributed by atoms with E-state index in [4.69, 9.17) is 4.74 Å². The Labute approximate surface area is 224 Å². The minimum absolute atomic E-state index is 0.170. The second kappa shape index (κ2) is 11.1. The van der Waals surface area contributed by atoms with Crippen LogP contribution in [0, 0.1) is 6.92 Å². The third kappa shape index (κ3) is 5.85. The first-order chi connectivity index (χ1) is 18.0. The number of fused-ring (bicyclic) bond motifs is 1. The van der Waals surface area contributed by atoms with Gasteiger partial charge in [-0.3, -0.25) is 9.10 Å². The molecule has 0 spiro atoms. The molecule has 0 atom stereocenters. The molecule has 0 saturated carbocycles. The smallest absolute Gasteiger partial charge is 0.264 e. The Morgan fingerprint density at radius 1 is 0.974 bits per heavy atom. The normalized spacial score (nSPS) is 13.7. The molecule has 1 aliphatic rings. The van der Waals surface area contributed by atoms with E-state index in [1.807, 2.05) is 24.3 Å². The van der Waals surface area contributed by atoms with Gasteiger partial charge in [0, 0.05) is 27.2 Å². The van der Waals surface area contributed by atoms with Gasteiger partial charge in [-0.15, -0.1) is 0 Å². The Bertz CT molecular complexity index is 1540. The van der Waals surface area contributed by atoms with Gasteiger partial charge in [-0.1, -0.05) is 30.3 Å². The minimum atomic E-state index is -3.74. The van der Waals surface area contributed by atoms with E-state index < -0.39 is 20.0 Å². The number of nitrogens with zero attached hydrogens (tertiary/aromatic N) is 2. The number of carbonyl (C=O) groups excluding carboxylic acids is 1. The molecular formula is C27H31N3O6S2. The molecule has 0 saturated heterocycles. The molecule has 38 heavy (non-hydrogen) atoms. The van der Waals surface area contributed by atoms with Gasteiger partial charge in [0.15, 0.2) is 6.61 Å². The number of hydrogen-bond acceptors (Lipinski definition) is 6. The Morgan fingerprint density at radius 2 is 1.66 bits per heavy atom. The Balaban J connectivity index is 1.36. The van der Waals surface area contributed by atoms with Gasteiger partial charge in [-0.05, 0) is 72.9 Å². The fraction of sp³-hybridized carbons (Fsp3) is 0.296. The number of ether oxygens (including phenoxy) is 1. The van der Waals surface area contributed by atoms with Crippen molar-refractivity contribution >= 4 is 31.6 Å². The van der Waals surface area contributed by atoms with Crippen molar-refractivity contribution < 1.29 is 26.4 Å². The number of nitrogens with one attached hydrogen (secondary N) is 1. The van der Waals surface area contributed by atoms with E-state index in [-0.39, 0.29) is 28.8 Å². The highest BCUT2D eigenvalue weighted by Crippen LogP contribution is 2.33. The van der Waals surface area contributed by atoms with Crippen molar-refractivity contribution in [2.24, 2.45) is 0 Å². The molecule has 1 N–H and O–H groups in total. The summed E-state index contributed by atoms with van der Waals surface area (Å²) in [7, 11) is -4.33. The van der Waals surface area contributed by atoms with Gasteiger partial charge in [-0.2, -0.15) is 0 Å². The van der Waals surface area contributed by atoms with Gasteiger partial charge in [0.2, 0.25) is 10.0 Å². The van der Waals surface area contributed by atoms with E-state index in [1.165, 1.54) is 36.6 Å². The second-order valence-electron chi connectivity index (χ2n) is 9.23. The van der Waals surface area contributed by atoms with Crippen molar-refractivity contribution in [3.8, 4) is 5.75 Å². The van der Waals surface area contributed by atoms with Crippen molar-refractivity contribution in [1.82, 2.24) is 9.62 Å². The van der Waals surface area contributed by atoms with E-state index >= 15 is 0 Å². The predicted molar refractivity (Wildman–Crippen MR) is 145 cm³/mol. The highest BCUT2D eigenvalue weighted by atomic mass is 32.2. The molecule has 1 amide bonds. The topological polar surface area (TPSA) is 113 Å². The average Bonchev–Trinajstić information content (AvgIpc) is 2.91. The van der Waals surface area contributed by atoms with E-state index in [0.717, 1.165) is 28.3 Å². The lowest BCUT2D eigenvalue weighted by Crippen LogP contribution is -2.35. The molecule has 1 heterocycles. The predicted octanol–water partition coefficient (Wildman–Crippen LogP) is 3.08. The molecule has 0 fully saturated rings. The second-order valence-corrected chi connectivity index (χ2v) is 13.2. The molecule has 0 bridgehead atoms. The summed E-state index contributed by atoms with van der Waals surface area (Å²) in [6.07, 6.45) is 1.60. The van der Waals surface area contributed by atoms with Gasteiger partial charge in [-0.25, -0.2) is 21.1 Å². The van der Waals surface area contributed by atoms with Crippen molar-refractivity contribution in [2.75, 3.05) is 31.6 Å². The van der Waals surface area contributed by atoms with Gasteiger partial charge in [0.1, 0.15) is 5.75 Å². The molecule has 3 aromatic rings. The fourth-order valence-corrected chi connectivity index (χ4v) is 6.73. The van der Waals surface area contributed by atoms with Gasteiger partial charge < -0.3 is 10.1 Å². The van der Waals surface area contributed by atoms with Gasteiger partial charge in [0.25, 0.3) is 15.9 Å². The first-order valence-electron chi connectivity index (χ1n) is 12.1. The fourth-order valence-electron chi connectivity index (χ4n) is 4.21. The van der Waals surface area contributed by atoms with Gasteiger partial charge in [0.05, 0.1) is 15.5 Å². The Hall–Kier alpha value is -3.41. The van der Waals surface area contributed by atoms with Crippen LogP contribution >= 0.6 is 0 Å². The third-order valence-electron chi connectivity index (χ3n) is 6.35. The van der Waals surface area contributed by atoms with Crippen LogP contribution in [0.25, 0.3) is 0 Å². The SMILES string of the molecule is Cc1cc(S(=O)(=O)N2CCCc3ccccc32)ccc1OCC(=O)NCc1ccc(S(=O)(=O)N(C)C)cc1. The Morgan fingerprint density at radius 3 is 2.34 bits per heavy atom. The molecule has 9 nitrogen and oxygen atoms in total. The number of benzene rings is 3. The van der Waals surface area contributed by atoms with Crippen LogP contribution in [0.2, 0.25) is 0 Å². The summed E-state index contributed by atoms with van der Waals surface area (Å²) in [6, 6.07) is 18.4. The number of anilines is 1. The van der Waals surface area contributed by atoms with E-state index in [0.29, 0.717) is 23.5 Å². The van der Waals surface area contributed by atoms with E-state index in [9.17, 15) is 21.6 Å². The summed E-state index contributed by atoms with van der Waals surface area (Å²) in [5.41, 5.74) is 3.06. The molecule has 1 aliphatic heterocycles. The standard InChI is InChI=1S/C27H31N3O6S2/c1-20-17-24(38(34,35)30-16-6-8-22-7-4-5-9-25(22)30)14-15-26(20)36-19-27(31)28-18-21-10-12-23(13-11-21)37(32,33)29(2)3/h4-5,7,9-15,17H,6,8,16,18-19H2,1-3H3,(H,28,31). The molecule has 3 aromatic carbocycles. The van der Waals surface area contributed by atoms with Crippen molar-refractivity contribution in [1.29, 1.82) is 0 Å². The maximum absolute atomic E-state index is 13.4. The summed E-state index contributed by atoms with van der Waals surface area (Å²) in [5.74, 6) is 0.0485. The largest absolute Gasteiger partial charge is 0.484 e. The third-order valence-corrected chi connectivity index (χ3v) is 9.99. The quantitative estimate of drug-likeness (QED) is 0.433. The zero-order chi connectivity index (χ0) is 27.5. The number of aryl methyl sites for hydroxylation is 2. The number of rotatable bonds is 9. The van der Waals surface area contributed by atoms with Crippen molar-refractivity contribution in [3.63, 3.8) is 0 Å². The first-order valence-corrected chi connectivity index (χ1v) is 15.0. The zero-order valence-electron chi connectivity index (χ0n) is 21.5. The summed E-state index contributed by atoms with van der Waals surface area (Å²) in [5, 5.41) is 2.73. The lowest BCUT2D eigenvalue weighted by atomic mass is 10.0. The lowest BCUT2D eigenvalue weighted by molar-refractivity contribution is -0.123. The van der Waals surface area contributed by atoms with E-state index in [1.54, 1.807) is 31.2 Å². The van der Waals surface area contributed by atoms with Crippen LogP contribution in [0.1, 0.15) is 23.1 Å². The van der Waals surface area contributed by atoms with Crippen molar-refractivity contribution in [2.45, 2.75) is 36.1 Å². The molecule has 11 heteroatoms. The van der Waals surface area contributed by atoms with Crippen LogP contribution in [0.15, 0.2) is 76.5 Å². The zero-order valence-corrected chi connectivity index (χ0v) is 23.2. The van der Waals surface area contributed by atoms with Crippen LogP contribution in [0.5, 0.6) is 5.75 Å². The molecule has 202 valence electrons. The summed E-state index contributed by atoms with van der Waals surface area (Å²) in [4.78, 5) is 12.7. The number of carbonyl (C=O) groups is 1. The van der Waals surface area contributed by atoms with Crippen LogP contribution < -0.4 is 14.4 Å². The highest BCUT2D eigenvalue weighted by molar-refractivity contribution is 7.92. The van der Waals surface area contributed by atoms with Crippen LogP contribution in [0.4, 0.5) is 5.69 Å². The molecule has 0 aromatic heterocycles. The highest BCUT2D eigenvalue weighted by Gasteiger charge is 2.29. The molecule has 0 radical (unpaired) electrons. The average molecular weight is 558 g/mol. The maximum Gasteiger partial charge on any atom is 0.264 e. The van der Waals surface area contributed by atoms with Crippen LogP contribution in [0.3, 0.4) is 0 Å². The molecule has 4 rings (SSSR count). The number of hydrogen-bond donors (Lipinski definition) is 1. The molecule has 0 aliphatic carbocycles. The summed E-state index contributed by atoms with van der Waals surface area (Å²) in [6.45, 7) is 2.11. The van der Waals surface area contributed by atoms with Crippen LogP contribution in [-0.4, -0.2) is 54.3 Å². The monoisotopic (exact) mass is 557 g/mol. The first kappa shape index (κ1) is 27.6. The number of sulfonamides is 2. The lowest BCUT2D eigenvalue weighted by Gasteiger charge is -2.30. The molecular weight excluding hydrogens is 526 g/mol. The Kier molecular flexibility index (Phi) is 8.10. The maximum atomic E-state index is 13.4. The number of para-hydroxylation sites is 1. The van der Waals surface area contributed by atoms with Crippen LogP contribution in [-0.2, 0) is 37.8 Å². The van der Waals surface area contributed by atoms with E-state index in [2.05, 4.69) is 5.32 Å². The molecule has 0 unspecified atom stereocenters.